The summed E-state index contributed by atoms with van der Waals surface area (Å²) in [5.74, 6) is -2.20. The lowest BCUT2D eigenvalue weighted by atomic mass is 9.79. The number of sulfonamides is 1. The first-order valence-electron chi connectivity index (χ1n) is 12.9. The van der Waals surface area contributed by atoms with Gasteiger partial charge in [0, 0.05) is 29.8 Å². The molecule has 4 rings (SSSR count). The fraction of sp³-hybridized carbons (Fsp3) is 0.519. The number of hydrogen-bond acceptors (Lipinski definition) is 5. The van der Waals surface area contributed by atoms with Crippen LogP contribution in [0.15, 0.2) is 36.0 Å². The summed E-state index contributed by atoms with van der Waals surface area (Å²) >= 11 is 0. The molecule has 0 bridgehead atoms. The molecule has 2 N–H and O–H groups in total. The molecule has 1 atom stereocenters. The Morgan fingerprint density at radius 1 is 1.27 bits per heavy atom. The number of amides is 2. The van der Waals surface area contributed by atoms with Gasteiger partial charge in [0.25, 0.3) is 11.8 Å². The third kappa shape index (κ3) is 5.79. The van der Waals surface area contributed by atoms with Crippen molar-refractivity contribution in [3.05, 3.63) is 58.7 Å². The Balaban J connectivity index is 1.73. The van der Waals surface area contributed by atoms with E-state index in [2.05, 4.69) is 22.1 Å². The lowest BCUT2D eigenvalue weighted by Gasteiger charge is -2.37. The lowest BCUT2D eigenvalue weighted by Crippen LogP contribution is -2.51. The van der Waals surface area contributed by atoms with Crippen LogP contribution in [0.5, 0.6) is 0 Å². The van der Waals surface area contributed by atoms with Gasteiger partial charge in [0.15, 0.2) is 0 Å². The molecule has 1 aliphatic carbocycles. The molecule has 1 unspecified atom stereocenters. The number of unbranched alkanes of at least 4 members (excludes halogenated alkanes) is 2. The van der Waals surface area contributed by atoms with E-state index in [0.717, 1.165) is 31.2 Å². The molecule has 1 aliphatic heterocycles. The van der Waals surface area contributed by atoms with E-state index < -0.39 is 38.4 Å². The minimum Gasteiger partial charge on any atom is -0.342 e. The van der Waals surface area contributed by atoms with Gasteiger partial charge in [-0.3, -0.25) is 14.3 Å². The van der Waals surface area contributed by atoms with Crippen LogP contribution in [0.3, 0.4) is 0 Å². The van der Waals surface area contributed by atoms with Gasteiger partial charge in [-0.25, -0.2) is 17.5 Å². The molecule has 8 nitrogen and oxygen atoms in total. The zero-order valence-corrected chi connectivity index (χ0v) is 22.6. The van der Waals surface area contributed by atoms with Gasteiger partial charge in [0.05, 0.1) is 16.5 Å². The van der Waals surface area contributed by atoms with Crippen LogP contribution < -0.4 is 10.0 Å². The number of carbonyl (C=O) groups is 2. The second-order valence-electron chi connectivity index (χ2n) is 10.5. The molecular formula is C27H35FN4O4S. The van der Waals surface area contributed by atoms with Crippen molar-refractivity contribution in [2.45, 2.75) is 89.5 Å². The van der Waals surface area contributed by atoms with Gasteiger partial charge in [-0.1, -0.05) is 31.9 Å². The molecule has 0 spiro atoms. The SMILES string of the molecule is CCCCCc1ccc(C2(C)CC(c3ccn(C(C)C)n3)=C(C(=O)NS(=O)(=O)C3CC3)C(=O)N2)c(F)c1. The van der Waals surface area contributed by atoms with E-state index in [4.69, 9.17) is 0 Å². The molecular weight excluding hydrogens is 495 g/mol. The largest absolute Gasteiger partial charge is 0.342 e. The van der Waals surface area contributed by atoms with Crippen LogP contribution in [0.2, 0.25) is 0 Å². The Morgan fingerprint density at radius 2 is 2.00 bits per heavy atom. The average Bonchev–Trinajstić information content (AvgIpc) is 3.56. The molecule has 10 heteroatoms. The van der Waals surface area contributed by atoms with E-state index in [-0.39, 0.29) is 23.6 Å². The van der Waals surface area contributed by atoms with E-state index in [1.165, 1.54) is 6.07 Å². The van der Waals surface area contributed by atoms with Crippen molar-refractivity contribution in [2.24, 2.45) is 0 Å². The Hall–Kier alpha value is -3.01. The summed E-state index contributed by atoms with van der Waals surface area (Å²) in [6, 6.07) is 6.77. The van der Waals surface area contributed by atoms with Crippen LogP contribution in [0.1, 0.15) is 89.1 Å². The minimum atomic E-state index is -3.87. The van der Waals surface area contributed by atoms with E-state index in [1.54, 1.807) is 29.9 Å². The van der Waals surface area contributed by atoms with Crippen LogP contribution in [-0.2, 0) is 31.6 Å². The topological polar surface area (TPSA) is 110 Å². The van der Waals surface area contributed by atoms with Gasteiger partial charge in [0.1, 0.15) is 11.4 Å². The monoisotopic (exact) mass is 530 g/mol. The van der Waals surface area contributed by atoms with Gasteiger partial charge < -0.3 is 5.32 Å². The van der Waals surface area contributed by atoms with Crippen LogP contribution in [0, 0.1) is 5.82 Å². The first kappa shape index (κ1) is 27.0. The van der Waals surface area contributed by atoms with E-state index in [1.807, 2.05) is 19.9 Å². The molecule has 1 saturated carbocycles. The Bertz CT molecular complexity index is 1340. The second kappa shape index (κ2) is 10.4. The van der Waals surface area contributed by atoms with Gasteiger partial charge in [-0.2, -0.15) is 5.10 Å². The van der Waals surface area contributed by atoms with Crippen molar-refractivity contribution in [3.63, 3.8) is 0 Å². The van der Waals surface area contributed by atoms with Gasteiger partial charge in [-0.05, 0) is 64.2 Å². The number of benzene rings is 1. The van der Waals surface area contributed by atoms with E-state index in [0.29, 0.717) is 24.1 Å². The highest BCUT2D eigenvalue weighted by atomic mass is 32.2. The summed E-state index contributed by atoms with van der Waals surface area (Å²) < 4.78 is 44.0. The highest BCUT2D eigenvalue weighted by Gasteiger charge is 2.44. The molecule has 2 amide bonds. The quantitative estimate of drug-likeness (QED) is 0.355. The van der Waals surface area contributed by atoms with E-state index in [9.17, 15) is 18.0 Å². The first-order chi connectivity index (χ1) is 17.4. The maximum Gasteiger partial charge on any atom is 0.270 e. The van der Waals surface area contributed by atoms with Crippen LogP contribution >= 0.6 is 0 Å². The smallest absolute Gasteiger partial charge is 0.270 e. The average molecular weight is 531 g/mol. The molecule has 37 heavy (non-hydrogen) atoms. The summed E-state index contributed by atoms with van der Waals surface area (Å²) in [4.78, 5) is 26.5. The molecule has 1 aromatic heterocycles. The molecule has 2 aliphatic rings. The van der Waals surface area contributed by atoms with Gasteiger partial charge in [-0.15, -0.1) is 0 Å². The number of aryl methyl sites for hydroxylation is 1. The number of halogens is 1. The highest BCUT2D eigenvalue weighted by molar-refractivity contribution is 7.91. The summed E-state index contributed by atoms with van der Waals surface area (Å²) in [6.45, 7) is 7.70. The fourth-order valence-electron chi connectivity index (χ4n) is 4.73. The summed E-state index contributed by atoms with van der Waals surface area (Å²) in [6.07, 6.45) is 6.63. The minimum absolute atomic E-state index is 0.0309. The van der Waals surface area contributed by atoms with Crippen molar-refractivity contribution in [2.75, 3.05) is 0 Å². The predicted octanol–water partition coefficient (Wildman–Crippen LogP) is 4.13. The van der Waals surface area contributed by atoms with Gasteiger partial charge in [0.2, 0.25) is 10.0 Å². The zero-order chi connectivity index (χ0) is 27.0. The normalized spacial score (nSPS) is 20.3. The molecule has 0 radical (unpaired) electrons. The molecule has 1 fully saturated rings. The fourth-order valence-corrected chi connectivity index (χ4v) is 6.01. The number of nitrogens with one attached hydrogen (secondary N) is 2. The Morgan fingerprint density at radius 3 is 2.59 bits per heavy atom. The molecule has 200 valence electrons. The maximum atomic E-state index is 15.4. The lowest BCUT2D eigenvalue weighted by molar-refractivity contribution is -0.124. The van der Waals surface area contributed by atoms with Crippen LogP contribution in [0.4, 0.5) is 4.39 Å². The van der Waals surface area contributed by atoms with Gasteiger partial charge >= 0.3 is 0 Å². The third-order valence-electron chi connectivity index (χ3n) is 7.02. The van der Waals surface area contributed by atoms with Crippen molar-refractivity contribution >= 4 is 27.4 Å². The van der Waals surface area contributed by atoms with Crippen LogP contribution in [-0.4, -0.2) is 35.3 Å². The van der Waals surface area contributed by atoms with Crippen molar-refractivity contribution in [1.29, 1.82) is 0 Å². The Kier molecular flexibility index (Phi) is 7.60. The molecule has 1 aromatic carbocycles. The highest BCUT2D eigenvalue weighted by Crippen LogP contribution is 2.39. The number of carbonyl (C=O) groups excluding carboxylic acids is 2. The second-order valence-corrected chi connectivity index (χ2v) is 12.5. The Labute approximate surface area is 217 Å². The summed E-state index contributed by atoms with van der Waals surface area (Å²) in [5, 5.41) is 6.70. The third-order valence-corrected chi connectivity index (χ3v) is 8.84. The van der Waals surface area contributed by atoms with Crippen molar-refractivity contribution in [1.82, 2.24) is 19.8 Å². The number of rotatable bonds is 10. The predicted molar refractivity (Wildman–Crippen MR) is 139 cm³/mol. The molecule has 0 saturated heterocycles. The number of hydrogen-bond donors (Lipinski definition) is 2. The number of aromatic nitrogens is 2. The summed E-state index contributed by atoms with van der Waals surface area (Å²) in [5.41, 5.74) is 0.357. The van der Waals surface area contributed by atoms with Crippen molar-refractivity contribution < 1.29 is 22.4 Å². The molecule has 2 heterocycles. The molecule has 2 aromatic rings. The first-order valence-corrected chi connectivity index (χ1v) is 14.5. The van der Waals surface area contributed by atoms with Crippen LogP contribution in [0.25, 0.3) is 5.57 Å². The number of nitrogens with zero attached hydrogens (tertiary/aromatic N) is 2. The maximum absolute atomic E-state index is 15.4. The zero-order valence-electron chi connectivity index (χ0n) is 21.8. The standard InChI is InChI=1S/C27H35FN4O4S/c1-5-6-7-8-18-9-12-21(22(28)15-18)27(4)16-20(23-13-14-32(30-23)17(2)3)24(25(33)29-27)26(34)31-37(35,36)19-10-11-19/h9,12-15,17,19H,5-8,10-11,16H2,1-4H3,(H,29,33)(H,31,34). The summed E-state index contributed by atoms with van der Waals surface area (Å²) in [7, 11) is -3.87. The van der Waals surface area contributed by atoms with E-state index >= 15 is 4.39 Å². The van der Waals surface area contributed by atoms with Crippen molar-refractivity contribution in [3.8, 4) is 0 Å².